The smallest absolute Gasteiger partial charge is 0.387 e. The van der Waals surface area contributed by atoms with E-state index in [0.717, 1.165) is 32.8 Å². The van der Waals surface area contributed by atoms with Gasteiger partial charge in [0.25, 0.3) is 0 Å². The number of anilines is 2. The molecule has 8 nitrogen and oxygen atoms in total. The molecule has 152 valence electrons. The van der Waals surface area contributed by atoms with E-state index >= 15 is 0 Å². The maximum absolute atomic E-state index is 12.6. The van der Waals surface area contributed by atoms with Crippen LogP contribution in [0, 0.1) is 6.92 Å². The number of hydrogen-bond acceptors (Lipinski definition) is 5. The fraction of sp³-hybridized carbons (Fsp3) is 0.444. The summed E-state index contributed by atoms with van der Waals surface area (Å²) >= 11 is 0. The van der Waals surface area contributed by atoms with Crippen molar-refractivity contribution in [1.29, 1.82) is 0 Å². The third-order valence-electron chi connectivity index (χ3n) is 4.33. The van der Waals surface area contributed by atoms with Gasteiger partial charge in [-0.25, -0.2) is 4.79 Å². The van der Waals surface area contributed by atoms with Crippen LogP contribution in [-0.2, 0) is 11.3 Å². The molecule has 0 bridgehead atoms. The lowest BCUT2D eigenvalue weighted by Crippen LogP contribution is -2.38. The van der Waals surface area contributed by atoms with E-state index in [9.17, 15) is 13.6 Å². The minimum absolute atomic E-state index is 0.0913. The number of nitrogens with one attached hydrogen (secondary N) is 2. The second kappa shape index (κ2) is 9.47. The molecule has 10 heteroatoms. The van der Waals surface area contributed by atoms with Crippen molar-refractivity contribution in [3.63, 3.8) is 0 Å². The van der Waals surface area contributed by atoms with Gasteiger partial charge in [0.05, 0.1) is 37.3 Å². The third kappa shape index (κ3) is 5.64. The molecule has 0 spiro atoms. The van der Waals surface area contributed by atoms with Crippen LogP contribution in [0.1, 0.15) is 5.56 Å². The molecule has 2 heterocycles. The Morgan fingerprint density at radius 2 is 2.07 bits per heavy atom. The number of para-hydroxylation sites is 1. The van der Waals surface area contributed by atoms with E-state index in [4.69, 9.17) is 4.74 Å². The number of aryl methyl sites for hydroxylation is 1. The lowest BCUT2D eigenvalue weighted by Gasteiger charge is -2.26. The lowest BCUT2D eigenvalue weighted by molar-refractivity contribution is -0.0493. The molecule has 0 atom stereocenters. The number of morpholine rings is 1. The van der Waals surface area contributed by atoms with E-state index in [0.29, 0.717) is 17.8 Å². The summed E-state index contributed by atoms with van der Waals surface area (Å²) in [6.07, 6.45) is 3.25. The number of rotatable bonds is 7. The Kier molecular flexibility index (Phi) is 6.77. The predicted molar refractivity (Wildman–Crippen MR) is 99.9 cm³/mol. The molecule has 1 aromatic heterocycles. The molecule has 2 amide bonds. The zero-order chi connectivity index (χ0) is 19.9. The Balaban J connectivity index is 1.55. The SMILES string of the molecule is Cc1cccc(OC(F)F)c1NC(=O)Nc1cnn(CCN2CCOCC2)c1. The highest BCUT2D eigenvalue weighted by Crippen LogP contribution is 2.29. The monoisotopic (exact) mass is 395 g/mol. The van der Waals surface area contributed by atoms with E-state index in [1.165, 1.54) is 12.3 Å². The highest BCUT2D eigenvalue weighted by molar-refractivity contribution is 6.01. The molecular weight excluding hydrogens is 372 g/mol. The number of carbonyl (C=O) groups is 1. The average Bonchev–Trinajstić information content (AvgIpc) is 3.10. The van der Waals surface area contributed by atoms with Crippen LogP contribution in [0.25, 0.3) is 0 Å². The van der Waals surface area contributed by atoms with Crippen LogP contribution in [0.4, 0.5) is 25.0 Å². The summed E-state index contributed by atoms with van der Waals surface area (Å²) in [5, 5.41) is 9.43. The number of hydrogen-bond donors (Lipinski definition) is 2. The summed E-state index contributed by atoms with van der Waals surface area (Å²) in [7, 11) is 0. The third-order valence-corrected chi connectivity index (χ3v) is 4.33. The Bertz CT molecular complexity index is 793. The number of halogens is 2. The van der Waals surface area contributed by atoms with Crippen LogP contribution in [0.15, 0.2) is 30.6 Å². The molecule has 1 saturated heterocycles. The average molecular weight is 395 g/mol. The minimum Gasteiger partial charge on any atom is -0.433 e. The van der Waals surface area contributed by atoms with Crippen LogP contribution in [0.2, 0.25) is 0 Å². The number of benzene rings is 1. The molecule has 1 fully saturated rings. The number of aromatic nitrogens is 2. The van der Waals surface area contributed by atoms with Crippen molar-refractivity contribution in [3.05, 3.63) is 36.2 Å². The number of nitrogens with zero attached hydrogens (tertiary/aromatic N) is 3. The minimum atomic E-state index is -2.98. The van der Waals surface area contributed by atoms with E-state index in [1.807, 2.05) is 0 Å². The van der Waals surface area contributed by atoms with Gasteiger partial charge in [0.1, 0.15) is 5.75 Å². The standard InChI is InChI=1S/C18H23F2N5O3/c1-13-3-2-4-15(28-17(19)20)16(13)23-18(26)22-14-11-21-25(12-14)6-5-24-7-9-27-10-8-24/h2-4,11-12,17H,5-10H2,1H3,(H2,22,23,26). The second-order valence-electron chi connectivity index (χ2n) is 6.35. The number of carbonyl (C=O) groups excluding carboxylic acids is 1. The lowest BCUT2D eigenvalue weighted by atomic mass is 10.2. The van der Waals surface area contributed by atoms with Gasteiger partial charge < -0.3 is 20.1 Å². The van der Waals surface area contributed by atoms with Crippen molar-refractivity contribution in [2.24, 2.45) is 0 Å². The first-order valence-electron chi connectivity index (χ1n) is 8.96. The molecule has 0 unspecified atom stereocenters. The van der Waals surface area contributed by atoms with Crippen molar-refractivity contribution in [2.75, 3.05) is 43.5 Å². The highest BCUT2D eigenvalue weighted by atomic mass is 19.3. The molecule has 0 saturated carbocycles. The van der Waals surface area contributed by atoms with Crippen molar-refractivity contribution in [1.82, 2.24) is 14.7 Å². The van der Waals surface area contributed by atoms with Crippen molar-refractivity contribution in [2.45, 2.75) is 20.1 Å². The summed E-state index contributed by atoms with van der Waals surface area (Å²) in [6.45, 7) is 3.52. The summed E-state index contributed by atoms with van der Waals surface area (Å²) in [5.41, 5.74) is 1.30. The molecule has 28 heavy (non-hydrogen) atoms. The molecule has 1 aliphatic rings. The molecule has 0 radical (unpaired) electrons. The van der Waals surface area contributed by atoms with E-state index < -0.39 is 12.6 Å². The molecule has 2 N–H and O–H groups in total. The first kappa shape index (κ1) is 20.0. The topological polar surface area (TPSA) is 80.7 Å². The Morgan fingerprint density at radius 3 is 2.82 bits per heavy atom. The van der Waals surface area contributed by atoms with Gasteiger partial charge in [-0.05, 0) is 18.6 Å². The van der Waals surface area contributed by atoms with Gasteiger partial charge in [-0.15, -0.1) is 0 Å². The van der Waals surface area contributed by atoms with Gasteiger partial charge >= 0.3 is 12.6 Å². The fourth-order valence-corrected chi connectivity index (χ4v) is 2.89. The van der Waals surface area contributed by atoms with Crippen molar-refractivity contribution < 1.29 is 23.0 Å². The zero-order valence-electron chi connectivity index (χ0n) is 15.5. The van der Waals surface area contributed by atoms with Gasteiger partial charge in [-0.3, -0.25) is 9.58 Å². The molecule has 2 aromatic rings. The quantitative estimate of drug-likeness (QED) is 0.754. The summed E-state index contributed by atoms with van der Waals surface area (Å²) in [6, 6.07) is 4.08. The Morgan fingerprint density at radius 1 is 1.29 bits per heavy atom. The maximum atomic E-state index is 12.6. The molecule has 1 aliphatic heterocycles. The van der Waals surface area contributed by atoms with Gasteiger partial charge in [0, 0.05) is 25.8 Å². The fourth-order valence-electron chi connectivity index (χ4n) is 2.89. The number of alkyl halides is 2. The van der Waals surface area contributed by atoms with Crippen molar-refractivity contribution in [3.8, 4) is 5.75 Å². The molecule has 1 aromatic carbocycles. The van der Waals surface area contributed by atoms with E-state index in [-0.39, 0.29) is 11.4 Å². The van der Waals surface area contributed by atoms with Crippen LogP contribution in [0.5, 0.6) is 5.75 Å². The number of ether oxygens (including phenoxy) is 2. The molecule has 3 rings (SSSR count). The summed E-state index contributed by atoms with van der Waals surface area (Å²) < 4.78 is 36.6. The Hall–Kier alpha value is -2.72. The zero-order valence-corrected chi connectivity index (χ0v) is 15.5. The number of amides is 2. The Labute approximate surface area is 161 Å². The molecular formula is C18H23F2N5O3. The highest BCUT2D eigenvalue weighted by Gasteiger charge is 2.15. The number of urea groups is 1. The maximum Gasteiger partial charge on any atom is 0.387 e. The summed E-state index contributed by atoms with van der Waals surface area (Å²) in [4.78, 5) is 14.5. The second-order valence-corrected chi connectivity index (χ2v) is 6.35. The van der Waals surface area contributed by atoms with Crippen LogP contribution in [-0.4, -0.2) is 60.2 Å². The van der Waals surface area contributed by atoms with Crippen molar-refractivity contribution >= 4 is 17.4 Å². The van der Waals surface area contributed by atoms with Gasteiger partial charge in [-0.2, -0.15) is 13.9 Å². The van der Waals surface area contributed by atoms with Gasteiger partial charge in [-0.1, -0.05) is 12.1 Å². The predicted octanol–water partition coefficient (Wildman–Crippen LogP) is 2.77. The largest absolute Gasteiger partial charge is 0.433 e. The van der Waals surface area contributed by atoms with E-state index in [2.05, 4.69) is 25.4 Å². The first-order chi connectivity index (χ1) is 13.5. The van der Waals surface area contributed by atoms with Gasteiger partial charge in [0.15, 0.2) is 0 Å². The van der Waals surface area contributed by atoms with E-state index in [1.54, 1.807) is 29.9 Å². The van der Waals surface area contributed by atoms with Crippen LogP contribution in [0.3, 0.4) is 0 Å². The molecule has 0 aliphatic carbocycles. The first-order valence-corrected chi connectivity index (χ1v) is 8.96. The normalized spacial score (nSPS) is 14.9. The van der Waals surface area contributed by atoms with Gasteiger partial charge in [0.2, 0.25) is 0 Å². The van der Waals surface area contributed by atoms with Crippen LogP contribution < -0.4 is 15.4 Å². The summed E-state index contributed by atoms with van der Waals surface area (Å²) in [5.74, 6) is -0.0913. The van der Waals surface area contributed by atoms with Crippen LogP contribution >= 0.6 is 0 Å².